The maximum Gasteiger partial charge on any atom is 0.115 e. The van der Waals surface area contributed by atoms with Crippen LogP contribution in [0, 0.1) is 0 Å². The van der Waals surface area contributed by atoms with Crippen molar-refractivity contribution in [1.82, 2.24) is 0 Å². The SMILES string of the molecule is OCCCCC=C(c1ccc(O)cc1)c1ccc(O)cc1. The quantitative estimate of drug-likeness (QED) is 0.709. The molecule has 3 nitrogen and oxygen atoms in total. The van der Waals surface area contributed by atoms with Crippen LogP contribution in [-0.2, 0) is 0 Å². The summed E-state index contributed by atoms with van der Waals surface area (Å²) in [6.07, 6.45) is 4.72. The Balaban J connectivity index is 2.29. The Morgan fingerprint density at radius 2 is 1.24 bits per heavy atom. The number of phenols is 2. The predicted octanol–water partition coefficient (Wildman–Crippen LogP) is 3.69. The maximum atomic E-state index is 9.41. The molecule has 0 aliphatic carbocycles. The van der Waals surface area contributed by atoms with Crippen LogP contribution >= 0.6 is 0 Å². The molecule has 0 saturated carbocycles. The molecule has 0 atom stereocenters. The van der Waals surface area contributed by atoms with Crippen molar-refractivity contribution in [3.8, 4) is 11.5 Å². The molecule has 0 radical (unpaired) electrons. The zero-order chi connectivity index (χ0) is 15.1. The van der Waals surface area contributed by atoms with E-state index >= 15 is 0 Å². The van der Waals surface area contributed by atoms with Gasteiger partial charge in [-0.15, -0.1) is 0 Å². The first-order chi connectivity index (χ1) is 10.2. The summed E-state index contributed by atoms with van der Waals surface area (Å²) in [6, 6.07) is 14.2. The summed E-state index contributed by atoms with van der Waals surface area (Å²) in [4.78, 5) is 0. The van der Waals surface area contributed by atoms with Crippen molar-refractivity contribution in [1.29, 1.82) is 0 Å². The third-order valence-corrected chi connectivity index (χ3v) is 3.32. The first-order valence-corrected chi connectivity index (χ1v) is 7.10. The average Bonchev–Trinajstić information content (AvgIpc) is 2.50. The second-order valence-electron chi connectivity index (χ2n) is 4.93. The van der Waals surface area contributed by atoms with Gasteiger partial charge in [-0.1, -0.05) is 30.3 Å². The van der Waals surface area contributed by atoms with Gasteiger partial charge >= 0.3 is 0 Å². The molecule has 2 aromatic carbocycles. The van der Waals surface area contributed by atoms with Gasteiger partial charge < -0.3 is 15.3 Å². The fraction of sp³-hybridized carbons (Fsp3) is 0.222. The molecular weight excluding hydrogens is 264 g/mol. The van der Waals surface area contributed by atoms with E-state index in [0.717, 1.165) is 36.0 Å². The van der Waals surface area contributed by atoms with E-state index in [1.807, 2.05) is 24.3 Å². The van der Waals surface area contributed by atoms with Crippen LogP contribution in [0.4, 0.5) is 0 Å². The number of rotatable bonds is 6. The highest BCUT2D eigenvalue weighted by Gasteiger charge is 2.05. The molecule has 0 unspecified atom stereocenters. The van der Waals surface area contributed by atoms with Gasteiger partial charge in [0.1, 0.15) is 11.5 Å². The molecule has 2 aromatic rings. The lowest BCUT2D eigenvalue weighted by atomic mass is 9.96. The van der Waals surface area contributed by atoms with Gasteiger partial charge in [0, 0.05) is 6.61 Å². The molecule has 0 fully saturated rings. The predicted molar refractivity (Wildman–Crippen MR) is 84.2 cm³/mol. The molecule has 2 rings (SSSR count). The van der Waals surface area contributed by atoms with E-state index in [-0.39, 0.29) is 18.1 Å². The highest BCUT2D eigenvalue weighted by Crippen LogP contribution is 2.27. The van der Waals surface area contributed by atoms with Crippen LogP contribution in [0.15, 0.2) is 54.6 Å². The number of aromatic hydroxyl groups is 2. The fourth-order valence-corrected chi connectivity index (χ4v) is 2.19. The minimum absolute atomic E-state index is 0.210. The Bertz CT molecular complexity index is 535. The molecular formula is C18H20O3. The number of hydrogen-bond donors (Lipinski definition) is 3. The summed E-state index contributed by atoms with van der Waals surface area (Å²) in [5, 5.41) is 27.7. The van der Waals surface area contributed by atoms with Gasteiger partial charge in [-0.2, -0.15) is 0 Å². The lowest BCUT2D eigenvalue weighted by molar-refractivity contribution is 0.285. The number of aliphatic hydroxyl groups excluding tert-OH is 1. The number of aliphatic hydroxyl groups is 1. The van der Waals surface area contributed by atoms with E-state index in [1.165, 1.54) is 0 Å². The van der Waals surface area contributed by atoms with Gasteiger partial charge in [-0.25, -0.2) is 0 Å². The van der Waals surface area contributed by atoms with Gasteiger partial charge in [0.25, 0.3) is 0 Å². The molecule has 0 aliphatic rings. The largest absolute Gasteiger partial charge is 0.508 e. The topological polar surface area (TPSA) is 60.7 Å². The van der Waals surface area contributed by atoms with Crippen molar-refractivity contribution in [2.24, 2.45) is 0 Å². The number of hydrogen-bond acceptors (Lipinski definition) is 3. The Labute approximate surface area is 124 Å². The molecule has 21 heavy (non-hydrogen) atoms. The highest BCUT2D eigenvalue weighted by molar-refractivity contribution is 5.80. The zero-order valence-electron chi connectivity index (χ0n) is 11.9. The molecule has 110 valence electrons. The van der Waals surface area contributed by atoms with Crippen molar-refractivity contribution >= 4 is 5.57 Å². The zero-order valence-corrected chi connectivity index (χ0v) is 11.9. The third-order valence-electron chi connectivity index (χ3n) is 3.32. The molecule has 3 heteroatoms. The number of benzene rings is 2. The summed E-state index contributed by atoms with van der Waals surface area (Å²) < 4.78 is 0. The monoisotopic (exact) mass is 284 g/mol. The van der Waals surface area contributed by atoms with Gasteiger partial charge in [0.2, 0.25) is 0 Å². The van der Waals surface area contributed by atoms with Crippen LogP contribution in [0.1, 0.15) is 30.4 Å². The molecule has 0 aliphatic heterocycles. The van der Waals surface area contributed by atoms with E-state index in [0.29, 0.717) is 0 Å². The van der Waals surface area contributed by atoms with E-state index in [2.05, 4.69) is 6.08 Å². The molecule has 0 amide bonds. The minimum Gasteiger partial charge on any atom is -0.508 e. The van der Waals surface area contributed by atoms with Crippen LogP contribution in [0.2, 0.25) is 0 Å². The molecule has 3 N–H and O–H groups in total. The van der Waals surface area contributed by atoms with E-state index < -0.39 is 0 Å². The van der Waals surface area contributed by atoms with Crippen LogP contribution < -0.4 is 0 Å². The molecule has 0 saturated heterocycles. The van der Waals surface area contributed by atoms with Crippen LogP contribution in [0.3, 0.4) is 0 Å². The summed E-state index contributed by atoms with van der Waals surface area (Å²) in [5.74, 6) is 0.480. The van der Waals surface area contributed by atoms with Gasteiger partial charge in [-0.3, -0.25) is 0 Å². The van der Waals surface area contributed by atoms with E-state index in [9.17, 15) is 10.2 Å². The van der Waals surface area contributed by atoms with Crippen molar-refractivity contribution in [3.05, 3.63) is 65.7 Å². The molecule has 0 heterocycles. The Hall–Kier alpha value is -2.26. The minimum atomic E-state index is 0.210. The maximum absolute atomic E-state index is 9.41. The smallest absolute Gasteiger partial charge is 0.115 e. The molecule has 0 spiro atoms. The Kier molecular flexibility index (Phi) is 5.41. The summed E-state index contributed by atoms with van der Waals surface area (Å²) >= 11 is 0. The lowest BCUT2D eigenvalue weighted by Crippen LogP contribution is -1.89. The van der Waals surface area contributed by atoms with Crippen molar-refractivity contribution in [3.63, 3.8) is 0 Å². The van der Waals surface area contributed by atoms with Crippen LogP contribution in [0.25, 0.3) is 5.57 Å². The fourth-order valence-electron chi connectivity index (χ4n) is 2.19. The van der Waals surface area contributed by atoms with Crippen molar-refractivity contribution in [2.45, 2.75) is 19.3 Å². The first-order valence-electron chi connectivity index (χ1n) is 7.10. The lowest BCUT2D eigenvalue weighted by Gasteiger charge is -2.09. The Morgan fingerprint density at radius 1 is 0.762 bits per heavy atom. The molecule has 0 bridgehead atoms. The van der Waals surface area contributed by atoms with Crippen LogP contribution in [0.5, 0.6) is 11.5 Å². The number of unbranched alkanes of at least 4 members (excludes halogenated alkanes) is 2. The highest BCUT2D eigenvalue weighted by atomic mass is 16.3. The average molecular weight is 284 g/mol. The van der Waals surface area contributed by atoms with Crippen LogP contribution in [-0.4, -0.2) is 21.9 Å². The number of phenolic OH excluding ortho intramolecular Hbond substituents is 2. The number of allylic oxidation sites excluding steroid dienone is 1. The van der Waals surface area contributed by atoms with E-state index in [1.54, 1.807) is 24.3 Å². The normalized spacial score (nSPS) is 10.3. The van der Waals surface area contributed by atoms with Gasteiger partial charge in [-0.05, 0) is 60.2 Å². The van der Waals surface area contributed by atoms with Crippen molar-refractivity contribution < 1.29 is 15.3 Å². The molecule has 0 aromatic heterocycles. The summed E-state index contributed by atoms with van der Waals surface area (Å²) in [6.45, 7) is 0.210. The second-order valence-corrected chi connectivity index (χ2v) is 4.93. The first kappa shape index (κ1) is 15.1. The van der Waals surface area contributed by atoms with Gasteiger partial charge in [0.05, 0.1) is 0 Å². The van der Waals surface area contributed by atoms with Gasteiger partial charge in [0.15, 0.2) is 0 Å². The third kappa shape index (κ3) is 4.36. The second kappa shape index (κ2) is 7.50. The Morgan fingerprint density at radius 3 is 1.67 bits per heavy atom. The standard InChI is InChI=1S/C18H20O3/c19-13-3-1-2-4-18(14-5-9-16(20)10-6-14)15-7-11-17(21)12-8-15/h4-12,19-21H,1-3,13H2. The summed E-state index contributed by atoms with van der Waals surface area (Å²) in [7, 11) is 0. The van der Waals surface area contributed by atoms with E-state index in [4.69, 9.17) is 5.11 Å². The van der Waals surface area contributed by atoms with Crippen molar-refractivity contribution in [2.75, 3.05) is 6.61 Å². The summed E-state index contributed by atoms with van der Waals surface area (Å²) in [5.41, 5.74) is 3.10.